The molecule has 1 aliphatic heterocycles. The minimum absolute atomic E-state index is 0.198. The van der Waals surface area contributed by atoms with Gasteiger partial charge in [-0.3, -0.25) is 0 Å². The van der Waals surface area contributed by atoms with Crippen LogP contribution in [0.25, 0.3) is 0 Å². The average Bonchev–Trinajstić information content (AvgIpc) is 2.45. The molecule has 0 spiro atoms. The summed E-state index contributed by atoms with van der Waals surface area (Å²) in [5.41, 5.74) is 1.13. The van der Waals surface area contributed by atoms with Crippen molar-refractivity contribution < 1.29 is 14.6 Å². The van der Waals surface area contributed by atoms with Crippen molar-refractivity contribution in [3.8, 4) is 0 Å². The number of aromatic carboxylic acids is 1. The Morgan fingerprint density at radius 1 is 1.55 bits per heavy atom. The van der Waals surface area contributed by atoms with Gasteiger partial charge in [-0.25, -0.2) is 4.79 Å². The fraction of sp³-hybridized carbons (Fsp3) is 0.533. The van der Waals surface area contributed by atoms with Crippen molar-refractivity contribution in [2.75, 3.05) is 24.6 Å². The third-order valence-corrected chi connectivity index (χ3v) is 3.96. The molecule has 1 heterocycles. The van der Waals surface area contributed by atoms with Crippen LogP contribution in [-0.4, -0.2) is 36.9 Å². The van der Waals surface area contributed by atoms with Crippen LogP contribution in [0.15, 0.2) is 22.7 Å². The topological polar surface area (TPSA) is 49.8 Å². The van der Waals surface area contributed by atoms with Crippen molar-refractivity contribution in [3.05, 3.63) is 28.2 Å². The molecule has 1 atom stereocenters. The maximum Gasteiger partial charge on any atom is 0.337 e. The predicted molar refractivity (Wildman–Crippen MR) is 82.6 cm³/mol. The molecule has 2 rings (SSSR count). The Hall–Kier alpha value is -1.07. The Morgan fingerprint density at radius 2 is 2.35 bits per heavy atom. The van der Waals surface area contributed by atoms with E-state index in [4.69, 9.17) is 4.74 Å². The molecule has 110 valence electrons. The minimum Gasteiger partial charge on any atom is -0.478 e. The number of ether oxygens (including phenoxy) is 1. The van der Waals surface area contributed by atoms with Gasteiger partial charge in [-0.2, -0.15) is 0 Å². The summed E-state index contributed by atoms with van der Waals surface area (Å²) in [7, 11) is 0. The molecular formula is C15H20BrNO3. The molecule has 0 bridgehead atoms. The zero-order chi connectivity index (χ0) is 14.5. The van der Waals surface area contributed by atoms with Gasteiger partial charge in [-0.1, -0.05) is 22.9 Å². The number of hydrogen-bond donors (Lipinski definition) is 1. The molecule has 0 saturated carbocycles. The second-order valence-electron chi connectivity index (χ2n) is 5.05. The van der Waals surface area contributed by atoms with Crippen LogP contribution in [0, 0.1) is 0 Å². The lowest BCUT2D eigenvalue weighted by Crippen LogP contribution is -2.40. The van der Waals surface area contributed by atoms with E-state index in [1.54, 1.807) is 12.1 Å². The number of carbonyl (C=O) groups is 1. The van der Waals surface area contributed by atoms with Gasteiger partial charge in [-0.15, -0.1) is 0 Å². The van der Waals surface area contributed by atoms with Crippen LogP contribution in [0.2, 0.25) is 0 Å². The maximum atomic E-state index is 11.4. The first-order valence-electron chi connectivity index (χ1n) is 7.01. The van der Waals surface area contributed by atoms with Gasteiger partial charge in [0.25, 0.3) is 0 Å². The highest BCUT2D eigenvalue weighted by molar-refractivity contribution is 9.10. The highest BCUT2D eigenvalue weighted by Crippen LogP contribution is 2.28. The van der Waals surface area contributed by atoms with E-state index in [9.17, 15) is 9.90 Å². The van der Waals surface area contributed by atoms with E-state index in [2.05, 4.69) is 27.8 Å². The summed E-state index contributed by atoms with van der Waals surface area (Å²) in [5.74, 6) is -0.885. The Balaban J connectivity index is 2.17. The van der Waals surface area contributed by atoms with Crippen LogP contribution in [-0.2, 0) is 4.74 Å². The van der Waals surface area contributed by atoms with Crippen LogP contribution >= 0.6 is 15.9 Å². The van der Waals surface area contributed by atoms with Crippen molar-refractivity contribution in [1.29, 1.82) is 0 Å². The van der Waals surface area contributed by atoms with Crippen LogP contribution in [0.5, 0.6) is 0 Å². The van der Waals surface area contributed by atoms with E-state index in [0.717, 1.165) is 49.1 Å². The zero-order valence-corrected chi connectivity index (χ0v) is 13.2. The number of carboxylic acids is 1. The van der Waals surface area contributed by atoms with Gasteiger partial charge in [0.05, 0.1) is 17.4 Å². The molecule has 0 aromatic heterocycles. The molecule has 1 unspecified atom stereocenters. The first-order chi connectivity index (χ1) is 9.61. The lowest BCUT2D eigenvalue weighted by atomic mass is 10.0. The average molecular weight is 342 g/mol. The molecule has 1 aromatic rings. The molecule has 1 saturated heterocycles. The SMILES string of the molecule is CCCOC1CCCN(c2cc(Br)ccc2C(=O)O)C1. The largest absolute Gasteiger partial charge is 0.478 e. The summed E-state index contributed by atoms with van der Waals surface area (Å²) in [6.07, 6.45) is 3.28. The fourth-order valence-corrected chi connectivity index (χ4v) is 2.87. The highest BCUT2D eigenvalue weighted by Gasteiger charge is 2.24. The number of halogens is 1. The van der Waals surface area contributed by atoms with E-state index in [0.29, 0.717) is 5.56 Å². The third kappa shape index (κ3) is 3.73. The van der Waals surface area contributed by atoms with Crippen LogP contribution in [0.3, 0.4) is 0 Å². The lowest BCUT2D eigenvalue weighted by Gasteiger charge is -2.35. The molecule has 1 N–H and O–H groups in total. The zero-order valence-electron chi connectivity index (χ0n) is 11.6. The second-order valence-corrected chi connectivity index (χ2v) is 5.96. The summed E-state index contributed by atoms with van der Waals surface area (Å²) in [6.45, 7) is 4.50. The maximum absolute atomic E-state index is 11.4. The Labute approximate surface area is 127 Å². The van der Waals surface area contributed by atoms with Crippen molar-refractivity contribution in [2.45, 2.75) is 32.3 Å². The van der Waals surface area contributed by atoms with Gasteiger partial charge in [-0.05, 0) is 37.5 Å². The smallest absolute Gasteiger partial charge is 0.337 e. The number of benzene rings is 1. The summed E-state index contributed by atoms with van der Waals surface area (Å²) >= 11 is 3.42. The Bertz CT molecular complexity index is 478. The van der Waals surface area contributed by atoms with E-state index in [1.165, 1.54) is 0 Å². The number of rotatable bonds is 5. The summed E-state index contributed by atoms with van der Waals surface area (Å²) < 4.78 is 6.71. The lowest BCUT2D eigenvalue weighted by molar-refractivity contribution is 0.0439. The molecule has 5 heteroatoms. The number of hydrogen-bond acceptors (Lipinski definition) is 3. The van der Waals surface area contributed by atoms with E-state index in [1.807, 2.05) is 6.07 Å². The summed E-state index contributed by atoms with van der Waals surface area (Å²) in [4.78, 5) is 13.5. The van der Waals surface area contributed by atoms with Gasteiger partial charge >= 0.3 is 5.97 Å². The molecular weight excluding hydrogens is 322 g/mol. The molecule has 1 aliphatic rings. The fourth-order valence-electron chi connectivity index (χ4n) is 2.52. The third-order valence-electron chi connectivity index (χ3n) is 3.47. The van der Waals surface area contributed by atoms with E-state index >= 15 is 0 Å². The molecule has 20 heavy (non-hydrogen) atoms. The molecule has 0 amide bonds. The van der Waals surface area contributed by atoms with Gasteiger partial charge in [0.2, 0.25) is 0 Å². The van der Waals surface area contributed by atoms with E-state index in [-0.39, 0.29) is 6.10 Å². The molecule has 0 radical (unpaired) electrons. The van der Waals surface area contributed by atoms with Crippen LogP contribution in [0.4, 0.5) is 5.69 Å². The monoisotopic (exact) mass is 341 g/mol. The molecule has 0 aliphatic carbocycles. The highest BCUT2D eigenvalue weighted by atomic mass is 79.9. The van der Waals surface area contributed by atoms with Gasteiger partial charge < -0.3 is 14.7 Å². The second kappa shape index (κ2) is 7.09. The summed E-state index contributed by atoms with van der Waals surface area (Å²) in [6, 6.07) is 5.30. The standard InChI is InChI=1S/C15H20BrNO3/c1-2-8-20-12-4-3-7-17(10-12)14-9-11(16)5-6-13(14)15(18)19/h5-6,9,12H,2-4,7-8,10H2,1H3,(H,18,19). The Kier molecular flexibility index (Phi) is 5.43. The van der Waals surface area contributed by atoms with Crippen LogP contribution in [0.1, 0.15) is 36.5 Å². The number of carboxylic acid groups (broad SMARTS) is 1. The van der Waals surface area contributed by atoms with E-state index < -0.39 is 5.97 Å². The number of anilines is 1. The minimum atomic E-state index is -0.885. The predicted octanol–water partition coefficient (Wildman–Crippen LogP) is 3.54. The molecule has 1 aromatic carbocycles. The normalized spacial score (nSPS) is 19.1. The van der Waals surface area contributed by atoms with Crippen molar-refractivity contribution in [1.82, 2.24) is 0 Å². The van der Waals surface area contributed by atoms with Crippen molar-refractivity contribution >= 4 is 27.6 Å². The molecule has 4 nitrogen and oxygen atoms in total. The van der Waals surface area contributed by atoms with Crippen LogP contribution < -0.4 is 4.90 Å². The van der Waals surface area contributed by atoms with Gasteiger partial charge in [0.15, 0.2) is 0 Å². The summed E-state index contributed by atoms with van der Waals surface area (Å²) in [5, 5.41) is 9.32. The number of nitrogens with zero attached hydrogens (tertiary/aromatic N) is 1. The quantitative estimate of drug-likeness (QED) is 0.889. The van der Waals surface area contributed by atoms with Crippen molar-refractivity contribution in [2.24, 2.45) is 0 Å². The Morgan fingerprint density at radius 3 is 3.05 bits per heavy atom. The molecule has 1 fully saturated rings. The van der Waals surface area contributed by atoms with Gasteiger partial charge in [0, 0.05) is 24.2 Å². The first kappa shape index (κ1) is 15.3. The number of piperidine rings is 1. The first-order valence-corrected chi connectivity index (χ1v) is 7.80. The van der Waals surface area contributed by atoms with Crippen molar-refractivity contribution in [3.63, 3.8) is 0 Å². The van der Waals surface area contributed by atoms with Gasteiger partial charge in [0.1, 0.15) is 0 Å².